The Balaban J connectivity index is 2.22. The Morgan fingerprint density at radius 3 is 2.67 bits per heavy atom. The minimum atomic E-state index is -2.42. The van der Waals surface area contributed by atoms with Gasteiger partial charge in [0.05, 0.1) is 19.8 Å². The molecule has 2 rings (SSSR count). The average molecular weight is 349 g/mol. The number of aromatic nitrogens is 1. The third-order valence-corrected chi connectivity index (χ3v) is 4.03. The maximum absolute atomic E-state index is 11.6. The lowest BCUT2D eigenvalue weighted by atomic mass is 10.1. The summed E-state index contributed by atoms with van der Waals surface area (Å²) in [6, 6.07) is 8.28. The fourth-order valence-electron chi connectivity index (χ4n) is 2.17. The van der Waals surface area contributed by atoms with Crippen molar-refractivity contribution in [3.63, 3.8) is 0 Å². The van der Waals surface area contributed by atoms with Crippen LogP contribution in [0.2, 0.25) is 0 Å². The van der Waals surface area contributed by atoms with Crippen LogP contribution in [0.25, 0.3) is 0 Å². The lowest BCUT2D eigenvalue weighted by Gasteiger charge is -2.25. The zero-order valence-electron chi connectivity index (χ0n) is 13.3. The van der Waals surface area contributed by atoms with Gasteiger partial charge in [-0.1, -0.05) is 12.1 Å². The minimum Gasteiger partial charge on any atom is -0.760 e. The highest BCUT2D eigenvalue weighted by molar-refractivity contribution is 7.76. The molecule has 1 unspecified atom stereocenters. The third-order valence-electron chi connectivity index (χ3n) is 3.35. The van der Waals surface area contributed by atoms with E-state index in [2.05, 4.69) is 9.72 Å². The highest BCUT2D eigenvalue weighted by Crippen LogP contribution is 2.23. The summed E-state index contributed by atoms with van der Waals surface area (Å²) >= 11 is -2.42. The lowest BCUT2D eigenvalue weighted by Crippen LogP contribution is -2.25. The second-order valence-electron chi connectivity index (χ2n) is 4.89. The van der Waals surface area contributed by atoms with Crippen molar-refractivity contribution in [2.24, 2.45) is 0 Å². The summed E-state index contributed by atoms with van der Waals surface area (Å²) in [4.78, 5) is 15.5. The van der Waals surface area contributed by atoms with Crippen LogP contribution in [-0.4, -0.2) is 38.2 Å². The van der Waals surface area contributed by atoms with Gasteiger partial charge < -0.3 is 14.0 Å². The van der Waals surface area contributed by atoms with Gasteiger partial charge in [-0.3, -0.25) is 9.19 Å². The molecule has 0 N–H and O–H groups in total. The molecule has 1 aromatic heterocycles. The fraction of sp³-hybridized carbons (Fsp3) is 0.250. The molecule has 8 heteroatoms. The minimum absolute atomic E-state index is 0.107. The number of benzene rings is 1. The topological polar surface area (TPSA) is 91.8 Å². The van der Waals surface area contributed by atoms with E-state index in [1.807, 2.05) is 0 Å². The van der Waals surface area contributed by atoms with Gasteiger partial charge in [-0.25, -0.2) is 9.10 Å². The van der Waals surface area contributed by atoms with E-state index in [9.17, 15) is 13.6 Å². The van der Waals surface area contributed by atoms with E-state index in [0.717, 1.165) is 5.56 Å². The number of carbonyl (C=O) groups excluding carboxylic acids is 1. The van der Waals surface area contributed by atoms with Crippen LogP contribution >= 0.6 is 0 Å². The highest BCUT2D eigenvalue weighted by Gasteiger charge is 2.14. The van der Waals surface area contributed by atoms with Gasteiger partial charge in [0.25, 0.3) is 0 Å². The normalized spacial score (nSPS) is 12.0. The van der Waals surface area contributed by atoms with Gasteiger partial charge in [0, 0.05) is 42.3 Å². The van der Waals surface area contributed by atoms with Crippen molar-refractivity contribution in [3.05, 3.63) is 59.4 Å². The first-order valence-electron chi connectivity index (χ1n) is 7.03. The van der Waals surface area contributed by atoms with Crippen molar-refractivity contribution in [2.45, 2.75) is 13.1 Å². The van der Waals surface area contributed by atoms with Crippen LogP contribution < -0.4 is 4.74 Å². The number of ether oxygens (including phenoxy) is 2. The summed E-state index contributed by atoms with van der Waals surface area (Å²) in [5.41, 5.74) is 1.74. The number of pyridine rings is 1. The Bertz CT molecular complexity index is 724. The highest BCUT2D eigenvalue weighted by atomic mass is 32.2. The van der Waals surface area contributed by atoms with Crippen LogP contribution in [0, 0.1) is 0 Å². The van der Waals surface area contributed by atoms with Crippen molar-refractivity contribution >= 4 is 17.2 Å². The molecule has 0 amide bonds. The van der Waals surface area contributed by atoms with Crippen molar-refractivity contribution in [1.29, 1.82) is 0 Å². The van der Waals surface area contributed by atoms with Gasteiger partial charge >= 0.3 is 5.97 Å². The first kappa shape index (κ1) is 18.1. The largest absolute Gasteiger partial charge is 0.760 e. The second kappa shape index (κ2) is 8.53. The molecule has 2 aromatic rings. The Kier molecular flexibility index (Phi) is 6.42. The Morgan fingerprint density at radius 2 is 2.08 bits per heavy atom. The first-order chi connectivity index (χ1) is 11.5. The SMILES string of the molecule is COC(=O)c1ccc(CN(Cc2cccnc2)S(=O)[O-])c(OC)c1. The van der Waals surface area contributed by atoms with E-state index >= 15 is 0 Å². The van der Waals surface area contributed by atoms with Crippen LogP contribution in [0.3, 0.4) is 0 Å². The summed E-state index contributed by atoms with van der Waals surface area (Å²) in [6.45, 7) is 0.293. The predicted molar refractivity (Wildman–Crippen MR) is 86.7 cm³/mol. The molecule has 0 aliphatic carbocycles. The second-order valence-corrected chi connectivity index (χ2v) is 5.85. The molecule has 7 nitrogen and oxygen atoms in total. The summed E-state index contributed by atoms with van der Waals surface area (Å²) < 4.78 is 34.2. The van der Waals surface area contributed by atoms with Gasteiger partial charge in [0.15, 0.2) is 0 Å². The molecule has 0 radical (unpaired) electrons. The van der Waals surface area contributed by atoms with Crippen molar-refractivity contribution < 1.29 is 23.0 Å². The maximum atomic E-state index is 11.6. The Morgan fingerprint density at radius 1 is 1.29 bits per heavy atom. The van der Waals surface area contributed by atoms with E-state index in [0.29, 0.717) is 16.9 Å². The number of hydrogen-bond donors (Lipinski definition) is 0. The van der Waals surface area contributed by atoms with E-state index < -0.39 is 17.2 Å². The van der Waals surface area contributed by atoms with Gasteiger partial charge in [-0.2, -0.15) is 0 Å². The monoisotopic (exact) mass is 349 g/mol. The molecule has 0 aliphatic rings. The molecular formula is C16H17N2O5S-. The van der Waals surface area contributed by atoms with Gasteiger partial charge in [0.2, 0.25) is 0 Å². The summed E-state index contributed by atoms with van der Waals surface area (Å²) in [5, 5.41) is 0. The average Bonchev–Trinajstić information content (AvgIpc) is 2.61. The number of hydrogen-bond acceptors (Lipinski definition) is 6. The van der Waals surface area contributed by atoms with Crippen LogP contribution in [0.15, 0.2) is 42.7 Å². The molecule has 1 aromatic carbocycles. The fourth-order valence-corrected chi connectivity index (χ4v) is 2.67. The maximum Gasteiger partial charge on any atom is 0.337 e. The molecule has 0 saturated heterocycles. The molecular weight excluding hydrogens is 332 g/mol. The van der Waals surface area contributed by atoms with Gasteiger partial charge in [0.1, 0.15) is 5.75 Å². The standard InChI is InChI=1S/C16H18N2O5S/c1-22-15-8-13(16(19)23-2)5-6-14(15)11-18(24(20)21)10-12-4-3-7-17-9-12/h3-9H,10-11H2,1-2H3,(H,20,21)/p-1. The van der Waals surface area contributed by atoms with Gasteiger partial charge in [-0.05, 0) is 23.8 Å². The summed E-state index contributed by atoms with van der Waals surface area (Å²) in [5.74, 6) is -0.0704. The van der Waals surface area contributed by atoms with Crippen LogP contribution in [0.4, 0.5) is 0 Å². The number of rotatable bonds is 7. The number of esters is 1. The quantitative estimate of drug-likeness (QED) is 0.558. The molecule has 128 valence electrons. The molecule has 1 heterocycles. The van der Waals surface area contributed by atoms with Crippen molar-refractivity contribution in [3.8, 4) is 5.75 Å². The number of carbonyl (C=O) groups is 1. The van der Waals surface area contributed by atoms with Gasteiger partial charge in [-0.15, -0.1) is 0 Å². The molecule has 0 bridgehead atoms. The van der Waals surface area contributed by atoms with Crippen LogP contribution in [-0.2, 0) is 29.1 Å². The zero-order valence-corrected chi connectivity index (χ0v) is 14.1. The van der Waals surface area contributed by atoms with E-state index in [1.165, 1.54) is 24.6 Å². The zero-order chi connectivity index (χ0) is 17.5. The van der Waals surface area contributed by atoms with Crippen LogP contribution in [0.5, 0.6) is 5.75 Å². The summed E-state index contributed by atoms with van der Waals surface area (Å²) in [7, 11) is 2.75. The lowest BCUT2D eigenvalue weighted by molar-refractivity contribution is 0.0600. The molecule has 0 saturated carbocycles. The first-order valence-corrected chi connectivity index (χ1v) is 8.06. The Labute approximate surface area is 142 Å². The predicted octanol–water partition coefficient (Wildman–Crippen LogP) is 1.67. The van der Waals surface area contributed by atoms with Crippen molar-refractivity contribution in [2.75, 3.05) is 14.2 Å². The number of methoxy groups -OCH3 is 2. The van der Waals surface area contributed by atoms with E-state index in [-0.39, 0.29) is 13.1 Å². The summed E-state index contributed by atoms with van der Waals surface area (Å²) in [6.07, 6.45) is 3.23. The molecule has 0 aliphatic heterocycles. The van der Waals surface area contributed by atoms with E-state index in [4.69, 9.17) is 4.74 Å². The molecule has 24 heavy (non-hydrogen) atoms. The number of nitrogens with zero attached hydrogens (tertiary/aromatic N) is 2. The molecule has 1 atom stereocenters. The smallest absolute Gasteiger partial charge is 0.337 e. The Hall–Kier alpha value is -2.29. The van der Waals surface area contributed by atoms with Crippen LogP contribution in [0.1, 0.15) is 21.5 Å². The van der Waals surface area contributed by atoms with E-state index in [1.54, 1.807) is 36.7 Å². The molecule has 0 fully saturated rings. The third kappa shape index (κ3) is 4.60. The molecule has 0 spiro atoms. The van der Waals surface area contributed by atoms with Crippen molar-refractivity contribution in [1.82, 2.24) is 9.29 Å².